The van der Waals surface area contributed by atoms with E-state index in [2.05, 4.69) is 15.9 Å². The first-order valence-electron chi connectivity index (χ1n) is 10.9. The van der Waals surface area contributed by atoms with Gasteiger partial charge >= 0.3 is 5.97 Å². The number of carboxylic acid groups (broad SMARTS) is 1. The van der Waals surface area contributed by atoms with Gasteiger partial charge in [-0.15, -0.1) is 0 Å². The second-order valence-electron chi connectivity index (χ2n) is 7.88. The van der Waals surface area contributed by atoms with Crippen molar-refractivity contribution in [3.05, 3.63) is 105 Å². The second kappa shape index (κ2) is 11.6. The van der Waals surface area contributed by atoms with Gasteiger partial charge in [0.2, 0.25) is 0 Å². The van der Waals surface area contributed by atoms with Gasteiger partial charge in [0.1, 0.15) is 16.1 Å². The normalized spacial score (nSPS) is 15.2. The lowest BCUT2D eigenvalue weighted by Gasteiger charge is -2.23. The van der Waals surface area contributed by atoms with Gasteiger partial charge in [0.05, 0.1) is 4.91 Å². The highest BCUT2D eigenvalue weighted by Crippen LogP contribution is 2.35. The van der Waals surface area contributed by atoms with Gasteiger partial charge in [0, 0.05) is 16.5 Å². The number of ether oxygens (including phenoxy) is 1. The number of aliphatic carboxylic acids is 1. The van der Waals surface area contributed by atoms with E-state index in [4.69, 9.17) is 17.0 Å². The maximum Gasteiger partial charge on any atom is 0.327 e. The molecule has 1 amide bonds. The third kappa shape index (κ3) is 6.29. The van der Waals surface area contributed by atoms with Crippen LogP contribution in [0.1, 0.15) is 21.5 Å². The number of amides is 1. The summed E-state index contributed by atoms with van der Waals surface area (Å²) >= 11 is 9.77. The molecule has 3 aromatic carbocycles. The average molecular weight is 582 g/mol. The Morgan fingerprint density at radius 1 is 1.03 bits per heavy atom. The third-order valence-corrected chi connectivity index (χ3v) is 7.27. The summed E-state index contributed by atoms with van der Waals surface area (Å²) in [7, 11) is 0. The predicted octanol–water partition coefficient (Wildman–Crippen LogP) is 5.61. The summed E-state index contributed by atoms with van der Waals surface area (Å²) in [4.78, 5) is 38.9. The van der Waals surface area contributed by atoms with E-state index < -0.39 is 17.9 Å². The Morgan fingerprint density at radius 3 is 2.33 bits per heavy atom. The first kappa shape index (κ1) is 25.8. The Bertz CT molecular complexity index is 1320. The van der Waals surface area contributed by atoms with Crippen LogP contribution in [-0.2, 0) is 16.0 Å². The predicted molar refractivity (Wildman–Crippen MR) is 147 cm³/mol. The van der Waals surface area contributed by atoms with Crippen molar-refractivity contribution in [1.82, 2.24) is 4.90 Å². The topological polar surface area (TPSA) is 83.9 Å². The van der Waals surface area contributed by atoms with Gasteiger partial charge in [-0.3, -0.25) is 14.5 Å². The molecule has 1 heterocycles. The summed E-state index contributed by atoms with van der Waals surface area (Å²) in [6, 6.07) is 22.0. The molecule has 0 saturated carbocycles. The third-order valence-electron chi connectivity index (χ3n) is 5.41. The summed E-state index contributed by atoms with van der Waals surface area (Å²) in [5.41, 5.74) is 2.08. The van der Waals surface area contributed by atoms with Crippen molar-refractivity contribution in [3.63, 3.8) is 0 Å². The molecule has 0 aliphatic carbocycles. The fourth-order valence-corrected chi connectivity index (χ4v) is 5.18. The van der Waals surface area contributed by atoms with Crippen LogP contribution in [0, 0.1) is 0 Å². The number of carbonyl (C=O) groups excluding carboxylic acids is 2. The van der Waals surface area contributed by atoms with Gasteiger partial charge in [0.15, 0.2) is 12.4 Å². The number of thioether (sulfide) groups is 1. The fraction of sp³-hybridized carbons (Fsp3) is 0.111. The number of thiocarbonyl (C=S) groups is 1. The number of carbonyl (C=O) groups is 3. The number of hydrogen-bond donors (Lipinski definition) is 1. The summed E-state index contributed by atoms with van der Waals surface area (Å²) in [5, 5.41) is 9.79. The van der Waals surface area contributed by atoms with Gasteiger partial charge in [-0.25, -0.2) is 4.79 Å². The molecule has 36 heavy (non-hydrogen) atoms. The van der Waals surface area contributed by atoms with Crippen molar-refractivity contribution >= 4 is 68.0 Å². The molecule has 1 atom stereocenters. The van der Waals surface area contributed by atoms with E-state index >= 15 is 0 Å². The zero-order valence-electron chi connectivity index (χ0n) is 18.8. The average Bonchev–Trinajstić information content (AvgIpc) is 3.15. The molecule has 6 nitrogen and oxygen atoms in total. The van der Waals surface area contributed by atoms with E-state index in [1.165, 1.54) is 4.90 Å². The highest BCUT2D eigenvalue weighted by molar-refractivity contribution is 9.10. The number of halogens is 1. The number of Topliss-reactive ketones (excluding diaryl/α,β-unsaturated/α-hetero) is 1. The minimum Gasteiger partial charge on any atom is -0.485 e. The van der Waals surface area contributed by atoms with Crippen LogP contribution in [0.3, 0.4) is 0 Å². The lowest BCUT2D eigenvalue weighted by atomic mass is 10.0. The lowest BCUT2D eigenvalue weighted by molar-refractivity contribution is -0.145. The van der Waals surface area contributed by atoms with Crippen LogP contribution in [-0.4, -0.2) is 44.6 Å². The Hall–Kier alpha value is -3.27. The largest absolute Gasteiger partial charge is 0.485 e. The zero-order chi connectivity index (χ0) is 25.7. The summed E-state index contributed by atoms with van der Waals surface area (Å²) in [6.45, 7) is -0.0996. The van der Waals surface area contributed by atoms with Gasteiger partial charge in [-0.1, -0.05) is 94.5 Å². The van der Waals surface area contributed by atoms with E-state index in [1.54, 1.807) is 54.6 Å². The van der Waals surface area contributed by atoms with Crippen LogP contribution in [0.15, 0.2) is 88.2 Å². The molecule has 0 radical (unpaired) electrons. The highest BCUT2D eigenvalue weighted by Gasteiger charge is 2.40. The van der Waals surface area contributed by atoms with Crippen LogP contribution < -0.4 is 4.74 Å². The van der Waals surface area contributed by atoms with Crippen molar-refractivity contribution in [2.45, 2.75) is 12.5 Å². The molecule has 4 rings (SSSR count). The van der Waals surface area contributed by atoms with Crippen molar-refractivity contribution in [2.24, 2.45) is 0 Å². The molecule has 0 spiro atoms. The Labute approximate surface area is 226 Å². The molecule has 182 valence electrons. The van der Waals surface area contributed by atoms with Gasteiger partial charge in [0.25, 0.3) is 5.91 Å². The van der Waals surface area contributed by atoms with Crippen molar-refractivity contribution in [3.8, 4) is 5.75 Å². The van der Waals surface area contributed by atoms with E-state index in [-0.39, 0.29) is 23.1 Å². The first-order valence-corrected chi connectivity index (χ1v) is 12.9. The molecule has 0 bridgehead atoms. The molecule has 1 aliphatic heterocycles. The van der Waals surface area contributed by atoms with Crippen LogP contribution in [0.2, 0.25) is 0 Å². The molecule has 0 aromatic heterocycles. The van der Waals surface area contributed by atoms with Crippen molar-refractivity contribution in [2.75, 3.05) is 6.61 Å². The van der Waals surface area contributed by atoms with Crippen LogP contribution in [0.4, 0.5) is 0 Å². The number of rotatable bonds is 9. The Morgan fingerprint density at radius 2 is 1.69 bits per heavy atom. The summed E-state index contributed by atoms with van der Waals surface area (Å²) in [6.07, 6.45) is 1.82. The van der Waals surface area contributed by atoms with Crippen LogP contribution >= 0.6 is 39.9 Å². The number of hydrogen-bond acceptors (Lipinski definition) is 6. The van der Waals surface area contributed by atoms with E-state index in [0.29, 0.717) is 16.2 Å². The van der Waals surface area contributed by atoms with Gasteiger partial charge in [-0.2, -0.15) is 0 Å². The molecular formula is C27H20BrNO5S2. The molecule has 9 heteroatoms. The van der Waals surface area contributed by atoms with Crippen molar-refractivity contribution < 1.29 is 24.2 Å². The number of benzene rings is 3. The van der Waals surface area contributed by atoms with E-state index in [1.807, 2.05) is 30.3 Å². The SMILES string of the molecule is O=C(COc1ccc(/C=C2\SC(=S)N([C@@H](Cc3ccccc3)C(=O)O)C2=O)cc1)c1ccc(Br)cc1. The van der Waals surface area contributed by atoms with Crippen LogP contribution in [0.25, 0.3) is 6.08 Å². The zero-order valence-corrected chi connectivity index (χ0v) is 22.0. The quantitative estimate of drug-likeness (QED) is 0.200. The summed E-state index contributed by atoms with van der Waals surface area (Å²) in [5.74, 6) is -1.18. The Balaban J connectivity index is 1.42. The smallest absolute Gasteiger partial charge is 0.327 e. The molecule has 1 saturated heterocycles. The minimum absolute atomic E-state index is 0.0996. The molecule has 3 aromatic rings. The first-order chi connectivity index (χ1) is 17.3. The fourth-order valence-electron chi connectivity index (χ4n) is 3.55. The molecule has 0 unspecified atom stereocenters. The Kier molecular flexibility index (Phi) is 8.35. The van der Waals surface area contributed by atoms with Gasteiger partial charge < -0.3 is 9.84 Å². The van der Waals surface area contributed by atoms with E-state index in [0.717, 1.165) is 27.4 Å². The number of nitrogens with zero attached hydrogens (tertiary/aromatic N) is 1. The van der Waals surface area contributed by atoms with Gasteiger partial charge in [-0.05, 0) is 41.5 Å². The maximum absolute atomic E-state index is 13.1. The lowest BCUT2D eigenvalue weighted by Crippen LogP contribution is -2.45. The van der Waals surface area contributed by atoms with Crippen LogP contribution in [0.5, 0.6) is 5.75 Å². The van der Waals surface area contributed by atoms with E-state index in [9.17, 15) is 19.5 Å². The summed E-state index contributed by atoms with van der Waals surface area (Å²) < 4.78 is 6.70. The minimum atomic E-state index is -1.12. The monoisotopic (exact) mass is 581 g/mol. The van der Waals surface area contributed by atoms with Crippen molar-refractivity contribution in [1.29, 1.82) is 0 Å². The molecule has 1 fully saturated rings. The number of ketones is 1. The number of carboxylic acids is 1. The molecular weight excluding hydrogens is 562 g/mol. The molecule has 1 aliphatic rings. The standard InChI is InChI=1S/C27H20BrNO5S2/c28-20-10-8-19(9-11-20)23(30)16-34-21-12-6-18(7-13-21)15-24-25(31)29(27(35)36-24)22(26(32)33)14-17-4-2-1-3-5-17/h1-13,15,22H,14,16H2,(H,32,33)/b24-15-/t22-/m0/s1. The molecule has 1 N–H and O–H groups in total. The maximum atomic E-state index is 13.1. The highest BCUT2D eigenvalue weighted by atomic mass is 79.9. The second-order valence-corrected chi connectivity index (χ2v) is 10.5.